The summed E-state index contributed by atoms with van der Waals surface area (Å²) in [7, 11) is 0. The first-order chi connectivity index (χ1) is 10.3. The molecule has 0 saturated carbocycles. The number of hydrogen-bond acceptors (Lipinski definition) is 6. The van der Waals surface area contributed by atoms with Crippen LogP contribution in [0.3, 0.4) is 0 Å². The largest absolute Gasteiger partial charge is 0.392 e. The Kier molecular flexibility index (Phi) is 4.67. The van der Waals surface area contributed by atoms with Crippen molar-refractivity contribution in [1.82, 2.24) is 14.9 Å². The van der Waals surface area contributed by atoms with Crippen molar-refractivity contribution >= 4 is 27.4 Å². The number of likely N-dealkylation sites (tertiary alicyclic amines) is 1. The molecule has 3 rings (SSSR count). The van der Waals surface area contributed by atoms with E-state index in [1.54, 1.807) is 11.3 Å². The fourth-order valence-corrected chi connectivity index (χ4v) is 3.51. The van der Waals surface area contributed by atoms with E-state index in [-0.39, 0.29) is 6.10 Å². The highest BCUT2D eigenvalue weighted by Crippen LogP contribution is 2.25. The molecule has 0 aromatic carbocycles. The van der Waals surface area contributed by atoms with Crippen LogP contribution < -0.4 is 5.32 Å². The summed E-state index contributed by atoms with van der Waals surface area (Å²) in [6.07, 6.45) is 2.82. The molecule has 6 heteroatoms. The summed E-state index contributed by atoms with van der Waals surface area (Å²) in [4.78, 5) is 12.6. The molecule has 0 radical (unpaired) electrons. The van der Waals surface area contributed by atoms with Crippen LogP contribution in [-0.2, 0) is 6.54 Å². The Morgan fingerprint density at radius 1 is 1.48 bits per heavy atom. The van der Waals surface area contributed by atoms with Gasteiger partial charge >= 0.3 is 0 Å². The number of aromatic nitrogens is 2. The van der Waals surface area contributed by atoms with E-state index in [1.807, 2.05) is 0 Å². The molecule has 21 heavy (non-hydrogen) atoms. The first-order valence-electron chi connectivity index (χ1n) is 7.64. The maximum atomic E-state index is 9.77. The van der Waals surface area contributed by atoms with Gasteiger partial charge in [-0.2, -0.15) is 0 Å². The minimum absolute atomic E-state index is 0.207. The van der Waals surface area contributed by atoms with E-state index in [9.17, 15) is 5.11 Å². The summed E-state index contributed by atoms with van der Waals surface area (Å²) in [5.41, 5.74) is 0. The van der Waals surface area contributed by atoms with Crippen molar-refractivity contribution in [2.75, 3.05) is 25.0 Å². The van der Waals surface area contributed by atoms with E-state index in [1.165, 1.54) is 0 Å². The minimum Gasteiger partial charge on any atom is -0.392 e. The Hall–Kier alpha value is -1.24. The van der Waals surface area contributed by atoms with Crippen molar-refractivity contribution in [2.45, 2.75) is 38.8 Å². The third-order valence-electron chi connectivity index (χ3n) is 3.76. The van der Waals surface area contributed by atoms with Crippen molar-refractivity contribution in [3.05, 3.63) is 17.3 Å². The van der Waals surface area contributed by atoms with Gasteiger partial charge in [-0.15, -0.1) is 11.3 Å². The predicted octanol–water partition coefficient (Wildman–Crippen LogP) is 2.47. The third-order valence-corrected chi connectivity index (χ3v) is 4.57. The van der Waals surface area contributed by atoms with Crippen LogP contribution in [0.1, 0.15) is 32.0 Å². The average molecular weight is 306 g/mol. The SMILES string of the molecule is CCCNc1nc(CN2CCCC(O)C2)nc2sccc12. The number of piperidine rings is 1. The summed E-state index contributed by atoms with van der Waals surface area (Å²) >= 11 is 1.65. The van der Waals surface area contributed by atoms with E-state index in [4.69, 9.17) is 4.98 Å². The molecule has 1 aliphatic rings. The molecule has 3 heterocycles. The number of β-amino-alcohol motifs (C(OH)–C–C–N with tert-alkyl or cyclic N) is 1. The molecular formula is C15H22N4OS. The van der Waals surface area contributed by atoms with Crippen molar-refractivity contribution in [3.8, 4) is 0 Å². The Morgan fingerprint density at radius 2 is 2.38 bits per heavy atom. The van der Waals surface area contributed by atoms with E-state index >= 15 is 0 Å². The minimum atomic E-state index is -0.207. The standard InChI is InChI=1S/C15H22N4OS/c1-2-6-16-14-12-5-8-21-15(12)18-13(17-14)10-19-7-3-4-11(20)9-19/h5,8,11,20H,2-4,6-7,9-10H2,1H3,(H,16,17,18). The van der Waals surface area contributed by atoms with Gasteiger partial charge in [-0.05, 0) is 37.3 Å². The van der Waals surface area contributed by atoms with Gasteiger partial charge in [0.15, 0.2) is 0 Å². The highest BCUT2D eigenvalue weighted by Gasteiger charge is 2.19. The lowest BCUT2D eigenvalue weighted by Gasteiger charge is -2.29. The number of aliphatic hydroxyl groups is 1. The number of hydrogen-bond donors (Lipinski definition) is 2. The van der Waals surface area contributed by atoms with Gasteiger partial charge in [0.05, 0.1) is 18.0 Å². The van der Waals surface area contributed by atoms with Crippen molar-refractivity contribution < 1.29 is 5.11 Å². The van der Waals surface area contributed by atoms with Gasteiger partial charge in [0, 0.05) is 13.1 Å². The summed E-state index contributed by atoms with van der Waals surface area (Å²) < 4.78 is 0. The molecule has 1 saturated heterocycles. The number of nitrogens with one attached hydrogen (secondary N) is 1. The lowest BCUT2D eigenvalue weighted by atomic mass is 10.1. The highest BCUT2D eigenvalue weighted by molar-refractivity contribution is 7.16. The van der Waals surface area contributed by atoms with Crippen LogP contribution in [0.25, 0.3) is 10.2 Å². The van der Waals surface area contributed by atoms with Gasteiger partial charge in [-0.1, -0.05) is 6.92 Å². The van der Waals surface area contributed by atoms with Gasteiger partial charge < -0.3 is 10.4 Å². The fourth-order valence-electron chi connectivity index (χ4n) is 2.72. The molecule has 0 spiro atoms. The molecule has 1 unspecified atom stereocenters. The van der Waals surface area contributed by atoms with Crippen LogP contribution in [0.2, 0.25) is 0 Å². The molecule has 114 valence electrons. The van der Waals surface area contributed by atoms with Crippen LogP contribution >= 0.6 is 11.3 Å². The molecule has 0 bridgehead atoms. The highest BCUT2D eigenvalue weighted by atomic mass is 32.1. The van der Waals surface area contributed by atoms with E-state index < -0.39 is 0 Å². The lowest BCUT2D eigenvalue weighted by molar-refractivity contribution is 0.0656. The average Bonchev–Trinajstić information content (AvgIpc) is 2.93. The van der Waals surface area contributed by atoms with Crippen molar-refractivity contribution in [1.29, 1.82) is 0 Å². The Balaban J connectivity index is 1.81. The molecule has 1 fully saturated rings. The topological polar surface area (TPSA) is 61.3 Å². The Labute approximate surface area is 129 Å². The molecule has 5 nitrogen and oxygen atoms in total. The lowest BCUT2D eigenvalue weighted by Crippen LogP contribution is -2.38. The van der Waals surface area contributed by atoms with Crippen LogP contribution in [0.15, 0.2) is 11.4 Å². The molecular weight excluding hydrogens is 284 g/mol. The summed E-state index contributed by atoms with van der Waals surface area (Å²) in [5.74, 6) is 1.79. The van der Waals surface area contributed by atoms with Crippen molar-refractivity contribution in [2.24, 2.45) is 0 Å². The quantitative estimate of drug-likeness (QED) is 0.888. The number of anilines is 1. The maximum absolute atomic E-state index is 9.77. The molecule has 0 aliphatic carbocycles. The fraction of sp³-hybridized carbons (Fsp3) is 0.600. The number of fused-ring (bicyclic) bond motifs is 1. The Bertz CT molecular complexity index is 600. The second kappa shape index (κ2) is 6.68. The van der Waals surface area contributed by atoms with E-state index in [0.29, 0.717) is 6.54 Å². The first-order valence-corrected chi connectivity index (χ1v) is 8.52. The number of aliphatic hydroxyl groups excluding tert-OH is 1. The second-order valence-electron chi connectivity index (χ2n) is 5.59. The maximum Gasteiger partial charge on any atom is 0.146 e. The molecule has 0 amide bonds. The number of rotatable bonds is 5. The first kappa shape index (κ1) is 14.7. The summed E-state index contributed by atoms with van der Waals surface area (Å²) in [6, 6.07) is 2.08. The Morgan fingerprint density at radius 3 is 3.19 bits per heavy atom. The second-order valence-corrected chi connectivity index (χ2v) is 6.48. The van der Waals surface area contributed by atoms with Crippen LogP contribution in [0.5, 0.6) is 0 Å². The smallest absolute Gasteiger partial charge is 0.146 e. The van der Waals surface area contributed by atoms with Crippen LogP contribution in [0.4, 0.5) is 5.82 Å². The number of thiophene rings is 1. The molecule has 1 aliphatic heterocycles. The molecule has 1 atom stereocenters. The molecule has 2 aromatic heterocycles. The van der Waals surface area contributed by atoms with Crippen LogP contribution in [0, 0.1) is 0 Å². The van der Waals surface area contributed by atoms with Crippen LogP contribution in [-0.4, -0.2) is 45.7 Å². The summed E-state index contributed by atoms with van der Waals surface area (Å²) in [6.45, 7) is 5.52. The number of nitrogens with zero attached hydrogens (tertiary/aromatic N) is 3. The summed E-state index contributed by atoms with van der Waals surface area (Å²) in [5, 5.41) is 16.3. The zero-order valence-electron chi connectivity index (χ0n) is 12.4. The van der Waals surface area contributed by atoms with E-state index in [2.05, 4.69) is 33.6 Å². The van der Waals surface area contributed by atoms with Crippen molar-refractivity contribution in [3.63, 3.8) is 0 Å². The van der Waals surface area contributed by atoms with Gasteiger partial charge in [-0.3, -0.25) is 4.90 Å². The normalized spacial score (nSPS) is 20.0. The zero-order valence-corrected chi connectivity index (χ0v) is 13.2. The van der Waals surface area contributed by atoms with Gasteiger partial charge in [-0.25, -0.2) is 9.97 Å². The predicted molar refractivity (Wildman–Crippen MR) is 86.7 cm³/mol. The third kappa shape index (κ3) is 3.51. The monoisotopic (exact) mass is 306 g/mol. The van der Waals surface area contributed by atoms with E-state index in [0.717, 1.165) is 60.8 Å². The van der Waals surface area contributed by atoms with Gasteiger partial charge in [0.25, 0.3) is 0 Å². The van der Waals surface area contributed by atoms with Gasteiger partial charge in [0.1, 0.15) is 16.5 Å². The molecule has 2 N–H and O–H groups in total. The van der Waals surface area contributed by atoms with Gasteiger partial charge in [0.2, 0.25) is 0 Å². The zero-order chi connectivity index (χ0) is 14.7. The molecule has 2 aromatic rings.